The lowest BCUT2D eigenvalue weighted by Crippen LogP contribution is -2.01. The number of carboxylic acid groups (broad SMARTS) is 1. The van der Waals surface area contributed by atoms with Gasteiger partial charge in [0, 0.05) is 5.75 Å². The molecule has 1 aromatic carbocycles. The number of carbonyl (C=O) groups is 1. The van der Waals surface area contributed by atoms with Gasteiger partial charge in [0.2, 0.25) is 0 Å². The van der Waals surface area contributed by atoms with Crippen molar-refractivity contribution < 1.29 is 14.6 Å². The van der Waals surface area contributed by atoms with Gasteiger partial charge in [-0.05, 0) is 17.7 Å². The van der Waals surface area contributed by atoms with Crippen LogP contribution in [0.15, 0.2) is 18.2 Å². The molecule has 13 heavy (non-hydrogen) atoms. The molecule has 0 saturated heterocycles. The maximum absolute atomic E-state index is 10.8. The Morgan fingerprint density at radius 2 is 2.31 bits per heavy atom. The van der Waals surface area contributed by atoms with E-state index in [1.807, 2.05) is 0 Å². The first kappa shape index (κ1) is 9.92. The third-order valence-electron chi connectivity index (χ3n) is 1.72. The molecule has 0 amide bonds. The molecule has 1 N–H and O–H groups in total. The summed E-state index contributed by atoms with van der Waals surface area (Å²) in [5.74, 6) is -0.00286. The first-order valence-electron chi connectivity index (χ1n) is 3.70. The van der Waals surface area contributed by atoms with Crippen LogP contribution in [0.1, 0.15) is 15.9 Å². The van der Waals surface area contributed by atoms with E-state index in [1.54, 1.807) is 12.1 Å². The quantitative estimate of drug-likeness (QED) is 0.728. The monoisotopic (exact) mass is 198 g/mol. The van der Waals surface area contributed by atoms with Crippen molar-refractivity contribution in [2.24, 2.45) is 0 Å². The highest BCUT2D eigenvalue weighted by atomic mass is 32.1. The van der Waals surface area contributed by atoms with Crippen molar-refractivity contribution in [2.45, 2.75) is 5.75 Å². The van der Waals surface area contributed by atoms with Gasteiger partial charge in [0.1, 0.15) is 5.75 Å². The van der Waals surface area contributed by atoms with Crippen LogP contribution in [-0.2, 0) is 5.75 Å². The number of thiol groups is 1. The lowest BCUT2D eigenvalue weighted by atomic mass is 10.1. The number of benzene rings is 1. The topological polar surface area (TPSA) is 46.5 Å². The van der Waals surface area contributed by atoms with Gasteiger partial charge in [0.05, 0.1) is 12.7 Å². The van der Waals surface area contributed by atoms with Crippen molar-refractivity contribution in [3.8, 4) is 5.75 Å². The molecule has 0 atom stereocenters. The molecule has 0 aliphatic heterocycles. The van der Waals surface area contributed by atoms with Crippen molar-refractivity contribution in [1.29, 1.82) is 0 Å². The van der Waals surface area contributed by atoms with E-state index in [0.717, 1.165) is 0 Å². The summed E-state index contributed by atoms with van der Waals surface area (Å²) in [5, 5.41) is 8.83. The maximum atomic E-state index is 10.8. The van der Waals surface area contributed by atoms with Crippen molar-refractivity contribution >= 4 is 18.6 Å². The number of hydrogen-bond acceptors (Lipinski definition) is 3. The highest BCUT2D eigenvalue weighted by molar-refractivity contribution is 7.79. The first-order chi connectivity index (χ1) is 6.19. The van der Waals surface area contributed by atoms with Crippen molar-refractivity contribution in [3.63, 3.8) is 0 Å². The highest BCUT2D eigenvalue weighted by Crippen LogP contribution is 2.18. The number of carboxylic acids is 1. The summed E-state index contributed by atoms with van der Waals surface area (Å²) >= 11 is 4.03. The van der Waals surface area contributed by atoms with Crippen LogP contribution in [-0.4, -0.2) is 18.2 Å². The summed E-state index contributed by atoms with van der Waals surface area (Å²) in [6.07, 6.45) is 0. The highest BCUT2D eigenvalue weighted by Gasteiger charge is 2.09. The Labute approximate surface area is 81.8 Å². The van der Waals surface area contributed by atoms with Crippen LogP contribution in [0.25, 0.3) is 0 Å². The molecule has 0 heterocycles. The smallest absolute Gasteiger partial charge is 0.336 e. The fraction of sp³-hybridized carbons (Fsp3) is 0.222. The third-order valence-corrected chi connectivity index (χ3v) is 2.06. The van der Waals surface area contributed by atoms with E-state index in [1.165, 1.54) is 13.2 Å². The Kier molecular flexibility index (Phi) is 3.19. The second-order valence-electron chi connectivity index (χ2n) is 2.49. The van der Waals surface area contributed by atoms with Crippen LogP contribution in [0.2, 0.25) is 0 Å². The van der Waals surface area contributed by atoms with Gasteiger partial charge in [0.25, 0.3) is 0 Å². The summed E-state index contributed by atoms with van der Waals surface area (Å²) in [7, 11) is 1.50. The minimum atomic E-state index is -0.956. The van der Waals surface area contributed by atoms with Crippen molar-refractivity contribution in [3.05, 3.63) is 29.3 Å². The van der Waals surface area contributed by atoms with E-state index < -0.39 is 5.97 Å². The molecule has 0 bridgehead atoms. The Balaban J connectivity index is 3.18. The Morgan fingerprint density at radius 3 is 2.77 bits per heavy atom. The molecule has 0 radical (unpaired) electrons. The second-order valence-corrected chi connectivity index (χ2v) is 2.80. The summed E-state index contributed by atoms with van der Waals surface area (Å²) < 4.78 is 4.92. The van der Waals surface area contributed by atoms with E-state index in [0.29, 0.717) is 17.1 Å². The molecule has 1 rings (SSSR count). The van der Waals surface area contributed by atoms with Crippen molar-refractivity contribution in [1.82, 2.24) is 0 Å². The molecule has 0 fully saturated rings. The van der Waals surface area contributed by atoms with Crippen LogP contribution in [0.3, 0.4) is 0 Å². The number of methoxy groups -OCH3 is 1. The number of aromatic carboxylic acids is 1. The molecule has 1 aromatic rings. The summed E-state index contributed by atoms with van der Waals surface area (Å²) in [6, 6.07) is 4.92. The van der Waals surface area contributed by atoms with Gasteiger partial charge in [-0.3, -0.25) is 0 Å². The zero-order valence-corrected chi connectivity index (χ0v) is 8.04. The molecular weight excluding hydrogens is 188 g/mol. The first-order valence-corrected chi connectivity index (χ1v) is 4.33. The number of ether oxygens (including phenoxy) is 1. The molecule has 0 aromatic heterocycles. The summed E-state index contributed by atoms with van der Waals surface area (Å²) in [4.78, 5) is 10.8. The lowest BCUT2D eigenvalue weighted by Gasteiger charge is -2.05. The molecule has 70 valence electrons. The molecular formula is C9H10O3S. The van der Waals surface area contributed by atoms with E-state index in [9.17, 15) is 4.79 Å². The van der Waals surface area contributed by atoms with Gasteiger partial charge in [-0.25, -0.2) is 4.79 Å². The van der Waals surface area contributed by atoms with Crippen LogP contribution in [0.4, 0.5) is 0 Å². The zero-order valence-electron chi connectivity index (χ0n) is 7.15. The molecule has 0 unspecified atom stereocenters. The summed E-state index contributed by atoms with van der Waals surface area (Å²) in [6.45, 7) is 0. The Morgan fingerprint density at radius 1 is 1.62 bits per heavy atom. The molecule has 0 aliphatic rings. The van der Waals surface area contributed by atoms with E-state index in [-0.39, 0.29) is 5.56 Å². The van der Waals surface area contributed by atoms with Gasteiger partial charge in [-0.15, -0.1) is 0 Å². The molecule has 0 aliphatic carbocycles. The summed E-state index contributed by atoms with van der Waals surface area (Å²) in [5.41, 5.74) is 0.936. The number of rotatable bonds is 3. The average Bonchev–Trinajstić information content (AvgIpc) is 2.16. The minimum Gasteiger partial charge on any atom is -0.497 e. The fourth-order valence-electron chi connectivity index (χ4n) is 1.02. The van der Waals surface area contributed by atoms with Crippen LogP contribution in [0, 0.1) is 0 Å². The predicted octanol–water partition coefficient (Wildman–Crippen LogP) is 1.82. The normalized spacial score (nSPS) is 9.69. The Bertz CT molecular complexity index is 323. The van der Waals surface area contributed by atoms with Crippen molar-refractivity contribution in [2.75, 3.05) is 7.11 Å². The predicted molar refractivity (Wildman–Crippen MR) is 52.6 cm³/mol. The standard InChI is InChI=1S/C9H10O3S/c1-12-7-3-2-6(5-13)8(4-7)9(10)11/h2-4,13H,5H2,1H3,(H,10,11). The zero-order chi connectivity index (χ0) is 9.84. The fourth-order valence-corrected chi connectivity index (χ4v) is 1.30. The second kappa shape index (κ2) is 4.18. The van der Waals surface area contributed by atoms with Gasteiger partial charge >= 0.3 is 5.97 Å². The maximum Gasteiger partial charge on any atom is 0.336 e. The molecule has 0 spiro atoms. The van der Waals surface area contributed by atoms with Gasteiger partial charge < -0.3 is 9.84 Å². The minimum absolute atomic E-state index is 0.245. The van der Waals surface area contributed by atoms with Crippen LogP contribution >= 0.6 is 12.6 Å². The molecule has 0 saturated carbocycles. The van der Waals surface area contributed by atoms with Gasteiger partial charge in [0.15, 0.2) is 0 Å². The average molecular weight is 198 g/mol. The number of hydrogen-bond donors (Lipinski definition) is 2. The van der Waals surface area contributed by atoms with Gasteiger partial charge in [-0.1, -0.05) is 6.07 Å². The molecule has 3 nitrogen and oxygen atoms in total. The van der Waals surface area contributed by atoms with Crippen LogP contribution < -0.4 is 4.74 Å². The van der Waals surface area contributed by atoms with E-state index in [4.69, 9.17) is 9.84 Å². The van der Waals surface area contributed by atoms with Crippen LogP contribution in [0.5, 0.6) is 5.75 Å². The van der Waals surface area contributed by atoms with Gasteiger partial charge in [-0.2, -0.15) is 12.6 Å². The van der Waals surface area contributed by atoms with E-state index >= 15 is 0 Å². The van der Waals surface area contributed by atoms with E-state index in [2.05, 4.69) is 12.6 Å². The lowest BCUT2D eigenvalue weighted by molar-refractivity contribution is 0.0695. The third kappa shape index (κ3) is 2.15. The molecule has 4 heteroatoms. The largest absolute Gasteiger partial charge is 0.497 e. The SMILES string of the molecule is COc1ccc(CS)c(C(=O)O)c1. The Hall–Kier alpha value is -1.16.